The molecule has 17 rings (SSSR count). The molecule has 68 heavy (non-hydrogen) atoms. The first-order valence-corrected chi connectivity index (χ1v) is 25.4. The highest BCUT2D eigenvalue weighted by molar-refractivity contribution is 7.03. The molecule has 8 heteroatoms. The molecule has 0 amide bonds. The smallest absolute Gasteiger partial charge is 0.256 e. The minimum atomic E-state index is 0.0331. The number of hydrogen-bond donors (Lipinski definition) is 0. The monoisotopic (exact) mass is 875 g/mol. The van der Waals surface area contributed by atoms with Crippen molar-refractivity contribution < 1.29 is 4.74 Å². The largest absolute Gasteiger partial charge is 0.458 e. The minimum Gasteiger partial charge on any atom is -0.458 e. The molecule has 1 aromatic heterocycles. The van der Waals surface area contributed by atoms with Gasteiger partial charge in [0, 0.05) is 94.2 Å². The zero-order valence-corrected chi connectivity index (χ0v) is 38.1. The van der Waals surface area contributed by atoms with Crippen LogP contribution in [0.1, 0.15) is 47.9 Å². The van der Waals surface area contributed by atoms with Gasteiger partial charge in [-0.05, 0) is 143 Å². The Morgan fingerprint density at radius 3 is 1.62 bits per heavy atom. The molecular formula is C60H47B2N5O. The van der Waals surface area contributed by atoms with Crippen molar-refractivity contribution in [1.29, 1.82) is 0 Å². The lowest BCUT2D eigenvalue weighted by Crippen LogP contribution is -2.64. The molecule has 0 saturated carbocycles. The summed E-state index contributed by atoms with van der Waals surface area (Å²) >= 11 is 0. The van der Waals surface area contributed by atoms with Crippen LogP contribution >= 0.6 is 0 Å². The number of ether oxygens (including phenoxy) is 1. The van der Waals surface area contributed by atoms with Crippen LogP contribution in [0.25, 0.3) is 27.5 Å². The van der Waals surface area contributed by atoms with Gasteiger partial charge in [0.2, 0.25) is 0 Å². The Morgan fingerprint density at radius 2 is 0.941 bits per heavy atom. The Kier molecular flexibility index (Phi) is 7.15. The van der Waals surface area contributed by atoms with E-state index in [0.29, 0.717) is 0 Å². The number of aryl methyl sites for hydroxylation is 4. The van der Waals surface area contributed by atoms with Crippen molar-refractivity contribution in [2.24, 2.45) is 0 Å². The van der Waals surface area contributed by atoms with Gasteiger partial charge < -0.3 is 28.9 Å². The number of aromatic nitrogens is 1. The number of fused-ring (bicyclic) bond motifs is 14. The molecule has 0 saturated heterocycles. The average Bonchev–Trinajstić information content (AvgIpc) is 3.75. The summed E-state index contributed by atoms with van der Waals surface area (Å²) in [6.45, 7) is 4.14. The van der Waals surface area contributed by atoms with Crippen molar-refractivity contribution in [1.82, 2.24) is 4.57 Å². The maximum atomic E-state index is 7.76. The molecule has 6 nitrogen and oxygen atoms in total. The first-order valence-electron chi connectivity index (χ1n) is 25.4. The van der Waals surface area contributed by atoms with E-state index in [1.165, 1.54) is 128 Å². The van der Waals surface area contributed by atoms with Gasteiger partial charge in [0.25, 0.3) is 13.4 Å². The van der Waals surface area contributed by atoms with Crippen molar-refractivity contribution in [3.8, 4) is 17.2 Å². The number of rotatable bonds is 2. The van der Waals surface area contributed by atoms with Crippen LogP contribution in [0, 0.1) is 0 Å². The Bertz CT molecular complexity index is 3760. The summed E-state index contributed by atoms with van der Waals surface area (Å²) < 4.78 is 10.4. The number of hydrogen-bond acceptors (Lipinski definition) is 5. The van der Waals surface area contributed by atoms with Crippen LogP contribution in [0.3, 0.4) is 0 Å². The average molecular weight is 876 g/mol. The number of benzene rings is 8. The summed E-state index contributed by atoms with van der Waals surface area (Å²) in [5.74, 6) is 2.03. The van der Waals surface area contributed by atoms with Gasteiger partial charge in [-0.3, -0.25) is 0 Å². The van der Waals surface area contributed by atoms with Gasteiger partial charge >= 0.3 is 0 Å². The summed E-state index contributed by atoms with van der Waals surface area (Å²) in [6.07, 6.45) is 9.03. The molecule has 9 heterocycles. The quantitative estimate of drug-likeness (QED) is 0.162. The van der Waals surface area contributed by atoms with Crippen molar-refractivity contribution in [3.05, 3.63) is 162 Å². The third kappa shape index (κ3) is 4.62. The van der Waals surface area contributed by atoms with Crippen molar-refractivity contribution >= 4 is 114 Å². The van der Waals surface area contributed by atoms with Gasteiger partial charge in [-0.1, -0.05) is 97.1 Å². The predicted molar refractivity (Wildman–Crippen MR) is 284 cm³/mol. The molecule has 8 aliphatic rings. The predicted octanol–water partition coefficient (Wildman–Crippen LogP) is 9.20. The van der Waals surface area contributed by atoms with E-state index in [9.17, 15) is 0 Å². The Morgan fingerprint density at radius 1 is 0.412 bits per heavy atom. The van der Waals surface area contributed by atoms with Crippen LogP contribution in [-0.2, 0) is 25.7 Å². The fourth-order valence-electron chi connectivity index (χ4n) is 14.8. The minimum absolute atomic E-state index is 0.0331. The molecule has 0 atom stereocenters. The van der Waals surface area contributed by atoms with Crippen molar-refractivity contribution in [3.63, 3.8) is 0 Å². The van der Waals surface area contributed by atoms with E-state index >= 15 is 0 Å². The van der Waals surface area contributed by atoms with E-state index in [1.807, 2.05) is 0 Å². The van der Waals surface area contributed by atoms with Crippen LogP contribution in [0.4, 0.5) is 45.5 Å². The molecule has 0 N–H and O–H groups in total. The van der Waals surface area contributed by atoms with E-state index in [0.717, 1.165) is 89.0 Å². The van der Waals surface area contributed by atoms with Crippen molar-refractivity contribution in [2.45, 2.75) is 51.4 Å². The summed E-state index contributed by atoms with van der Waals surface area (Å²) in [4.78, 5) is 10.6. The lowest BCUT2D eigenvalue weighted by atomic mass is 9.30. The summed E-state index contributed by atoms with van der Waals surface area (Å²) in [7, 11) is 0. The van der Waals surface area contributed by atoms with Crippen LogP contribution in [0.15, 0.2) is 140 Å². The summed E-state index contributed by atoms with van der Waals surface area (Å²) in [5.41, 5.74) is 28.7. The highest BCUT2D eigenvalue weighted by Gasteiger charge is 2.49. The van der Waals surface area contributed by atoms with E-state index in [1.54, 1.807) is 0 Å². The maximum absolute atomic E-state index is 7.76. The molecule has 0 radical (unpaired) electrons. The van der Waals surface area contributed by atoms with Crippen LogP contribution in [0.2, 0.25) is 0 Å². The molecule has 8 aliphatic heterocycles. The normalized spacial score (nSPS) is 17.2. The van der Waals surface area contributed by atoms with E-state index < -0.39 is 0 Å². The molecule has 0 bridgehead atoms. The first kappa shape index (κ1) is 36.8. The number of anilines is 8. The molecular weight excluding hydrogens is 828 g/mol. The fraction of sp³-hybridized carbons (Fsp3) is 0.200. The van der Waals surface area contributed by atoms with Crippen molar-refractivity contribution in [2.75, 3.05) is 45.8 Å². The zero-order valence-electron chi connectivity index (χ0n) is 38.1. The van der Waals surface area contributed by atoms with E-state index in [2.05, 4.69) is 164 Å². The highest BCUT2D eigenvalue weighted by Crippen LogP contribution is 2.49. The topological polar surface area (TPSA) is 27.1 Å². The zero-order chi connectivity index (χ0) is 43.9. The molecule has 8 aromatic carbocycles. The number of para-hydroxylation sites is 5. The Labute approximate surface area is 397 Å². The Hall–Kier alpha value is -7.31. The second-order valence-electron chi connectivity index (χ2n) is 20.7. The molecule has 9 aromatic rings. The summed E-state index contributed by atoms with van der Waals surface area (Å²) in [6, 6.07) is 54.4. The van der Waals surface area contributed by atoms with Gasteiger partial charge in [0.15, 0.2) is 0 Å². The maximum Gasteiger partial charge on any atom is 0.256 e. The molecule has 0 spiro atoms. The standard InChI is InChI=1S/C60H47B2N5O/c1-4-24-47-36(13-1)17-9-27-63(47)40-31-50-55-52(33-40)67-49-26-6-3-21-42(49)54-59(67)45(61(55)43-22-7-15-38-19-11-29-65(50)57(38)43)35-46-60(54)68-53-34-41(64-28-10-18-37-14-2-5-25-48(37)64)32-51-56(53)62(46)44-23-8-16-39-20-12-30-66(51)58(39)44/h1-8,13-16,21-26,31-35H,9-12,17-20,27-30H2. The summed E-state index contributed by atoms with van der Waals surface area (Å²) in [5, 5.41) is 2.50. The van der Waals surface area contributed by atoms with E-state index in [4.69, 9.17) is 4.74 Å². The first-order chi connectivity index (χ1) is 33.7. The Balaban J connectivity index is 0.980. The van der Waals surface area contributed by atoms with Gasteiger partial charge in [-0.15, -0.1) is 0 Å². The third-order valence-corrected chi connectivity index (χ3v) is 17.4. The van der Waals surface area contributed by atoms with Crippen LogP contribution in [-0.4, -0.2) is 44.2 Å². The SMILES string of the molecule is c1ccc2c(c1)CCCN2c1cc2c3c(c1)N1CCCc4cccc(c41)B3c1cc3c4c(c1O2)c1ccccc1n4-c1cc(N2CCCc4ccccc42)cc2c1B3c1cccc3c1N2CCC3. The molecule has 324 valence electrons. The van der Waals surface area contributed by atoms with Gasteiger partial charge in [0.1, 0.15) is 11.5 Å². The lowest BCUT2D eigenvalue weighted by Gasteiger charge is -2.45. The van der Waals surface area contributed by atoms with Gasteiger partial charge in [0.05, 0.1) is 11.0 Å². The molecule has 0 aliphatic carbocycles. The second-order valence-corrected chi connectivity index (χ2v) is 20.7. The lowest BCUT2D eigenvalue weighted by molar-refractivity contribution is 0.493. The van der Waals surface area contributed by atoms with Crippen LogP contribution in [0.5, 0.6) is 11.5 Å². The molecule has 0 unspecified atom stereocenters. The van der Waals surface area contributed by atoms with Gasteiger partial charge in [-0.2, -0.15) is 0 Å². The van der Waals surface area contributed by atoms with Gasteiger partial charge in [-0.25, -0.2) is 0 Å². The van der Waals surface area contributed by atoms with E-state index in [-0.39, 0.29) is 13.4 Å². The number of nitrogens with zero attached hydrogens (tertiary/aromatic N) is 5. The highest BCUT2D eigenvalue weighted by atomic mass is 16.5. The fourth-order valence-corrected chi connectivity index (χ4v) is 14.8. The second kappa shape index (κ2) is 13.2. The third-order valence-electron chi connectivity index (χ3n) is 17.4. The van der Waals surface area contributed by atoms with Crippen LogP contribution < -0.4 is 57.1 Å². The molecule has 0 fully saturated rings.